The Morgan fingerprint density at radius 3 is 2.37 bits per heavy atom. The zero-order chi connectivity index (χ0) is 33.4. The molecule has 5 aromatic rings. The van der Waals surface area contributed by atoms with Crippen LogP contribution in [0.1, 0.15) is 11.5 Å². The van der Waals surface area contributed by atoms with Gasteiger partial charge in [0.25, 0.3) is 0 Å². The van der Waals surface area contributed by atoms with Crippen molar-refractivity contribution in [1.29, 1.82) is 0 Å². The van der Waals surface area contributed by atoms with Crippen molar-refractivity contribution in [1.82, 2.24) is 20.1 Å². The molecule has 46 heavy (non-hydrogen) atoms. The lowest BCUT2D eigenvalue weighted by Gasteiger charge is -2.14. The molecule has 0 spiro atoms. The van der Waals surface area contributed by atoms with E-state index >= 15 is 4.39 Å². The van der Waals surface area contributed by atoms with Gasteiger partial charge in [-0.3, -0.25) is 0 Å². The lowest BCUT2D eigenvalue weighted by atomic mass is 9.97. The van der Waals surface area contributed by atoms with E-state index < -0.39 is 45.4 Å². The minimum absolute atomic E-state index is 0.0527. The summed E-state index contributed by atoms with van der Waals surface area (Å²) < 4.78 is 94.6. The summed E-state index contributed by atoms with van der Waals surface area (Å²) in [5.74, 6) is -1.11. The summed E-state index contributed by atoms with van der Waals surface area (Å²) in [5.41, 5.74) is 1.33. The predicted octanol–water partition coefficient (Wildman–Crippen LogP) is 5.82. The second-order valence-electron chi connectivity index (χ2n) is 9.82. The van der Waals surface area contributed by atoms with Crippen LogP contribution in [0, 0.1) is 12.7 Å². The van der Waals surface area contributed by atoms with E-state index in [1.54, 1.807) is 25.1 Å². The average Bonchev–Trinajstić information content (AvgIpc) is 3.61. The number of oxazole rings is 1. The number of hydrogen-bond donors (Lipinski definition) is 2. The highest BCUT2D eigenvalue weighted by atomic mass is 32.2. The number of aryl methyl sites for hydroxylation is 1. The number of alkyl halides is 3. The first-order valence-corrected chi connectivity index (χ1v) is 15.1. The molecule has 0 aliphatic carbocycles. The van der Waals surface area contributed by atoms with Crippen LogP contribution < -0.4 is 14.8 Å². The van der Waals surface area contributed by atoms with Gasteiger partial charge in [-0.05, 0) is 59.7 Å². The molecule has 1 amide bonds. The van der Waals surface area contributed by atoms with Gasteiger partial charge in [0, 0.05) is 49.2 Å². The summed E-state index contributed by atoms with van der Waals surface area (Å²) in [5, 5.41) is 16.2. The molecule has 5 rings (SSSR count). The topological polar surface area (TPSA) is 146 Å². The fourth-order valence-electron chi connectivity index (χ4n) is 4.62. The van der Waals surface area contributed by atoms with Crippen LogP contribution >= 0.6 is 0 Å². The second kappa shape index (κ2) is 12.3. The van der Waals surface area contributed by atoms with Crippen LogP contribution in [0.5, 0.6) is 11.6 Å². The Hall–Kier alpha value is -5.22. The number of nitrogens with zero attached hydrogens (tertiary/aromatic N) is 3. The largest absolute Gasteiger partial charge is 0.573 e. The minimum atomic E-state index is -4.89. The minimum Gasteiger partial charge on any atom is -0.440 e. The Morgan fingerprint density at radius 2 is 1.74 bits per heavy atom. The highest BCUT2D eigenvalue weighted by Gasteiger charge is 2.31. The number of nitrogens with one attached hydrogen (secondary N) is 1. The van der Waals surface area contributed by atoms with E-state index in [4.69, 9.17) is 9.15 Å². The maximum atomic E-state index is 15.1. The second-order valence-corrected chi connectivity index (χ2v) is 11.8. The molecule has 2 N–H and O–H groups in total. The van der Waals surface area contributed by atoms with Crippen LogP contribution in [0.3, 0.4) is 0 Å². The van der Waals surface area contributed by atoms with Gasteiger partial charge in [0.05, 0.1) is 17.2 Å². The van der Waals surface area contributed by atoms with Gasteiger partial charge in [-0.25, -0.2) is 27.3 Å². The van der Waals surface area contributed by atoms with Crippen LogP contribution in [-0.4, -0.2) is 54.0 Å². The number of aliphatic hydroxyl groups excluding tert-OH is 1. The molecule has 0 fully saturated rings. The van der Waals surface area contributed by atoms with E-state index in [1.807, 2.05) is 0 Å². The third-order valence-electron chi connectivity index (χ3n) is 6.59. The van der Waals surface area contributed by atoms with E-state index in [0.717, 1.165) is 24.5 Å². The van der Waals surface area contributed by atoms with Crippen LogP contribution in [0.15, 0.2) is 76.2 Å². The van der Waals surface area contributed by atoms with Crippen molar-refractivity contribution >= 4 is 15.9 Å². The SMILES string of the molecule is CNC(=O)Oc1ccn(-c2ccc(-c3cc(F)c(CO)c(S(C)(=O)=O)c3)cc2-c2oc(C)nc2-c2ccc(OC(F)(F)F)cc2)n1. The van der Waals surface area contributed by atoms with Crippen LogP contribution in [-0.2, 0) is 16.4 Å². The number of sulfone groups is 1. The zero-order valence-electron chi connectivity index (χ0n) is 24.2. The van der Waals surface area contributed by atoms with Crippen molar-refractivity contribution in [3.05, 3.63) is 84.1 Å². The molecule has 11 nitrogen and oxygen atoms in total. The maximum Gasteiger partial charge on any atom is 0.573 e. The lowest BCUT2D eigenvalue weighted by molar-refractivity contribution is -0.274. The smallest absolute Gasteiger partial charge is 0.440 e. The van der Waals surface area contributed by atoms with Crippen molar-refractivity contribution in [2.75, 3.05) is 13.3 Å². The molecule has 0 unspecified atom stereocenters. The predicted molar refractivity (Wildman–Crippen MR) is 155 cm³/mol. The number of aliphatic hydroxyl groups is 1. The number of carbonyl (C=O) groups is 1. The number of benzene rings is 3. The van der Waals surface area contributed by atoms with Crippen molar-refractivity contribution in [2.24, 2.45) is 0 Å². The van der Waals surface area contributed by atoms with Gasteiger partial charge >= 0.3 is 12.5 Å². The van der Waals surface area contributed by atoms with E-state index in [-0.39, 0.29) is 34.4 Å². The highest BCUT2D eigenvalue weighted by molar-refractivity contribution is 7.90. The summed E-state index contributed by atoms with van der Waals surface area (Å²) in [4.78, 5) is 15.8. The summed E-state index contributed by atoms with van der Waals surface area (Å²) in [6, 6.07) is 13.4. The zero-order valence-corrected chi connectivity index (χ0v) is 25.0. The maximum absolute atomic E-state index is 15.1. The van der Waals surface area contributed by atoms with Crippen LogP contribution in [0.2, 0.25) is 0 Å². The Balaban J connectivity index is 1.70. The molecule has 0 saturated carbocycles. The number of aromatic nitrogens is 3. The molecule has 0 aliphatic rings. The van der Waals surface area contributed by atoms with Gasteiger partial charge in [-0.1, -0.05) is 6.07 Å². The third kappa shape index (κ3) is 6.87. The number of amides is 1. The third-order valence-corrected chi connectivity index (χ3v) is 7.76. The molecular weight excluding hydrogens is 636 g/mol. The van der Waals surface area contributed by atoms with Crippen molar-refractivity contribution in [2.45, 2.75) is 24.8 Å². The highest BCUT2D eigenvalue weighted by Crippen LogP contribution is 2.40. The molecule has 2 aromatic heterocycles. The molecule has 2 heterocycles. The first kappa shape index (κ1) is 32.2. The van der Waals surface area contributed by atoms with Gasteiger partial charge in [0.15, 0.2) is 21.5 Å². The van der Waals surface area contributed by atoms with Gasteiger partial charge in [0.1, 0.15) is 17.3 Å². The number of halogens is 4. The Kier molecular flexibility index (Phi) is 8.60. The Labute approximate surface area is 258 Å². The molecular formula is C30H24F4N4O7S. The standard InChI is InChI=1S/C30H24F4N4O7S/c1-16-36-27(17-4-7-20(8-5-17)45-30(32,33)34)28(43-16)21-12-18(19-13-23(31)22(15-39)25(14-19)46(3,41)42)6-9-24(21)38-11-10-26(37-38)44-29(40)35-2/h4-14,39H,15H2,1-3H3,(H,35,40). The monoisotopic (exact) mass is 660 g/mol. The van der Waals surface area contributed by atoms with Crippen molar-refractivity contribution < 1.29 is 49.8 Å². The molecule has 240 valence electrons. The number of hydrogen-bond acceptors (Lipinski definition) is 9. The van der Waals surface area contributed by atoms with Crippen molar-refractivity contribution in [3.63, 3.8) is 0 Å². The number of ether oxygens (including phenoxy) is 2. The lowest BCUT2D eigenvalue weighted by Crippen LogP contribution is -2.22. The number of rotatable bonds is 8. The molecule has 0 aliphatic heterocycles. The number of carbonyl (C=O) groups excluding carboxylic acids is 1. The van der Waals surface area contributed by atoms with Crippen molar-refractivity contribution in [3.8, 4) is 51.0 Å². The van der Waals surface area contributed by atoms with Gasteiger partial charge in [-0.2, -0.15) is 0 Å². The fourth-order valence-corrected chi connectivity index (χ4v) is 5.57. The van der Waals surface area contributed by atoms with Gasteiger partial charge in [-0.15, -0.1) is 18.3 Å². The van der Waals surface area contributed by atoms with Gasteiger partial charge < -0.3 is 24.3 Å². The van der Waals surface area contributed by atoms with E-state index in [2.05, 4.69) is 20.1 Å². The first-order chi connectivity index (χ1) is 21.7. The molecule has 0 radical (unpaired) electrons. The Bertz CT molecular complexity index is 2040. The summed E-state index contributed by atoms with van der Waals surface area (Å²) in [7, 11) is -2.57. The first-order valence-electron chi connectivity index (χ1n) is 13.2. The molecule has 0 saturated heterocycles. The molecule has 3 aromatic carbocycles. The molecule has 0 atom stereocenters. The molecule has 16 heteroatoms. The normalized spacial score (nSPS) is 11.8. The van der Waals surface area contributed by atoms with E-state index in [0.29, 0.717) is 22.4 Å². The van der Waals surface area contributed by atoms with Crippen LogP contribution in [0.25, 0.3) is 39.4 Å². The summed E-state index contributed by atoms with van der Waals surface area (Å²) in [6.07, 6.45) is -3.27. The fraction of sp³-hybridized carbons (Fsp3) is 0.167. The quantitative estimate of drug-likeness (QED) is 0.197. The summed E-state index contributed by atoms with van der Waals surface area (Å²) >= 11 is 0. The Morgan fingerprint density at radius 1 is 1.04 bits per heavy atom. The van der Waals surface area contributed by atoms with E-state index in [9.17, 15) is 31.5 Å². The molecule has 0 bridgehead atoms. The average molecular weight is 661 g/mol. The van der Waals surface area contributed by atoms with E-state index in [1.165, 1.54) is 42.2 Å². The summed E-state index contributed by atoms with van der Waals surface area (Å²) in [6.45, 7) is 0.716. The van der Waals surface area contributed by atoms with Crippen LogP contribution in [0.4, 0.5) is 22.4 Å². The van der Waals surface area contributed by atoms with Gasteiger partial charge in [0.2, 0.25) is 5.88 Å².